The van der Waals surface area contributed by atoms with Crippen LogP contribution in [0.4, 0.5) is 0 Å². The summed E-state index contributed by atoms with van der Waals surface area (Å²) in [5.41, 5.74) is 0. The Morgan fingerprint density at radius 1 is 1.11 bits per heavy atom. The summed E-state index contributed by atoms with van der Waals surface area (Å²) in [5, 5.41) is 0.124. The lowest BCUT2D eigenvalue weighted by Gasteiger charge is -2.42. The van der Waals surface area contributed by atoms with Gasteiger partial charge in [-0.15, -0.1) is 0 Å². The van der Waals surface area contributed by atoms with E-state index in [2.05, 4.69) is 52.9 Å². The molecule has 3 aliphatic rings. The van der Waals surface area contributed by atoms with Gasteiger partial charge in [0.2, 0.25) is 0 Å². The van der Waals surface area contributed by atoms with Crippen LogP contribution in [-0.4, -0.2) is 79.2 Å². The predicted octanol–water partition coefficient (Wildman–Crippen LogP) is 5.46. The Hall–Kier alpha value is -0.813. The molecular weight excluding hydrogens is 504 g/mol. The van der Waals surface area contributed by atoms with Crippen LogP contribution < -0.4 is 0 Å². The number of methoxy groups -OCH3 is 1. The topological polar surface area (TPSA) is 81.7 Å². The molecule has 3 rings (SSSR count). The van der Waals surface area contributed by atoms with Gasteiger partial charge in [0.25, 0.3) is 0 Å². The summed E-state index contributed by atoms with van der Waals surface area (Å²) < 4.78 is 41.1. The number of esters is 1. The normalized spacial score (nSPS) is 29.3. The summed E-state index contributed by atoms with van der Waals surface area (Å²) in [6.07, 6.45) is 8.55. The first-order valence-electron chi connectivity index (χ1n) is 14.5. The maximum atomic E-state index is 13.1. The lowest BCUT2D eigenvalue weighted by molar-refractivity contribution is -0.159. The zero-order chi connectivity index (χ0) is 27.8. The molecule has 1 saturated heterocycles. The molecule has 0 spiro atoms. The predicted molar refractivity (Wildman–Crippen MR) is 148 cm³/mol. The summed E-state index contributed by atoms with van der Waals surface area (Å²) in [5.74, 6) is 0.328. The molecule has 0 bridgehead atoms. The SMILES string of the molecule is COCCOCO[C@H]1CC[C@@H]2[C@H]1[C@@H](OC(=O)C[C@@H](C)CCC1OCCO1)C=CC[C@@H]2O[Si](C)(C)C(C)(C)C. The second kappa shape index (κ2) is 14.7. The van der Waals surface area contributed by atoms with E-state index < -0.39 is 8.32 Å². The average molecular weight is 557 g/mol. The molecule has 2 aliphatic carbocycles. The van der Waals surface area contributed by atoms with Crippen LogP contribution in [0.5, 0.6) is 0 Å². The lowest BCUT2D eigenvalue weighted by atomic mass is 9.86. The Balaban J connectivity index is 1.65. The average Bonchev–Trinajstić information content (AvgIpc) is 3.47. The van der Waals surface area contributed by atoms with Gasteiger partial charge < -0.3 is 32.8 Å². The highest BCUT2D eigenvalue weighted by atomic mass is 28.4. The van der Waals surface area contributed by atoms with E-state index in [1.54, 1.807) is 7.11 Å². The summed E-state index contributed by atoms with van der Waals surface area (Å²) in [6, 6.07) is 0. The highest BCUT2D eigenvalue weighted by Crippen LogP contribution is 2.46. The number of hydrogen-bond donors (Lipinski definition) is 0. The van der Waals surface area contributed by atoms with Crippen molar-refractivity contribution in [2.45, 2.75) is 109 Å². The van der Waals surface area contributed by atoms with E-state index in [1.807, 2.05) is 0 Å². The monoisotopic (exact) mass is 556 g/mol. The van der Waals surface area contributed by atoms with Crippen LogP contribution in [0.15, 0.2) is 12.2 Å². The van der Waals surface area contributed by atoms with Crippen molar-refractivity contribution in [2.75, 3.05) is 40.3 Å². The second-order valence-corrected chi connectivity index (χ2v) is 17.4. The molecule has 0 aromatic carbocycles. The summed E-state index contributed by atoms with van der Waals surface area (Å²) in [4.78, 5) is 13.1. The minimum atomic E-state index is -1.97. The van der Waals surface area contributed by atoms with Crippen molar-refractivity contribution in [3.8, 4) is 0 Å². The first-order chi connectivity index (χ1) is 18.0. The zero-order valence-electron chi connectivity index (χ0n) is 24.7. The van der Waals surface area contributed by atoms with Crippen LogP contribution in [0.3, 0.4) is 0 Å². The quantitative estimate of drug-likeness (QED) is 0.0917. The van der Waals surface area contributed by atoms with Crippen molar-refractivity contribution in [1.29, 1.82) is 0 Å². The molecule has 0 unspecified atom stereocenters. The Morgan fingerprint density at radius 3 is 2.53 bits per heavy atom. The molecule has 38 heavy (non-hydrogen) atoms. The third-order valence-electron chi connectivity index (χ3n) is 8.68. The largest absolute Gasteiger partial charge is 0.458 e. The molecule has 1 saturated carbocycles. The molecule has 0 radical (unpaired) electrons. The van der Waals surface area contributed by atoms with Gasteiger partial charge in [0, 0.05) is 19.4 Å². The van der Waals surface area contributed by atoms with Gasteiger partial charge >= 0.3 is 5.97 Å². The van der Waals surface area contributed by atoms with Crippen LogP contribution >= 0.6 is 0 Å². The first-order valence-corrected chi connectivity index (χ1v) is 17.4. The number of rotatable bonds is 14. The van der Waals surface area contributed by atoms with Crippen molar-refractivity contribution in [2.24, 2.45) is 17.8 Å². The molecular formula is C29H52O8Si. The standard InChI is InChI=1S/C29H52O8Si/c1-21(11-14-27-33-17-18-34-27)19-26(30)36-25-10-8-9-23(37-38(6,7)29(2,3)4)22-12-13-24(28(22)25)35-20-32-16-15-31-5/h8,10,21-25,27-28H,9,11-20H2,1-7H3/t21-,22-,23-,24-,25-,28+/m0/s1. The number of carbonyl (C=O) groups is 1. The molecule has 0 N–H and O–H groups in total. The number of fused-ring (bicyclic) bond motifs is 1. The second-order valence-electron chi connectivity index (χ2n) is 12.6. The van der Waals surface area contributed by atoms with Gasteiger partial charge in [0.15, 0.2) is 14.6 Å². The van der Waals surface area contributed by atoms with Crippen molar-refractivity contribution in [1.82, 2.24) is 0 Å². The Bertz CT molecular complexity index is 745. The summed E-state index contributed by atoms with van der Waals surface area (Å²) >= 11 is 0. The summed E-state index contributed by atoms with van der Waals surface area (Å²) in [7, 11) is -0.320. The maximum absolute atomic E-state index is 13.1. The van der Waals surface area contributed by atoms with Crippen molar-refractivity contribution in [3.05, 3.63) is 12.2 Å². The Kier molecular flexibility index (Phi) is 12.3. The maximum Gasteiger partial charge on any atom is 0.306 e. The Labute approximate surface area is 231 Å². The third-order valence-corrected chi connectivity index (χ3v) is 13.2. The fraction of sp³-hybridized carbons (Fsp3) is 0.897. The highest BCUT2D eigenvalue weighted by molar-refractivity contribution is 6.74. The van der Waals surface area contributed by atoms with Gasteiger partial charge in [-0.2, -0.15) is 0 Å². The molecule has 1 aliphatic heterocycles. The van der Waals surface area contributed by atoms with E-state index in [0.29, 0.717) is 32.8 Å². The van der Waals surface area contributed by atoms with Gasteiger partial charge in [-0.1, -0.05) is 33.8 Å². The van der Waals surface area contributed by atoms with E-state index in [9.17, 15) is 4.79 Å². The van der Waals surface area contributed by atoms with Crippen LogP contribution in [0.1, 0.15) is 66.2 Å². The van der Waals surface area contributed by atoms with Gasteiger partial charge in [0.05, 0.1) is 38.6 Å². The van der Waals surface area contributed by atoms with E-state index in [4.69, 9.17) is 32.8 Å². The number of ether oxygens (including phenoxy) is 6. The third kappa shape index (κ3) is 9.11. The van der Waals surface area contributed by atoms with Crippen molar-refractivity contribution >= 4 is 14.3 Å². The van der Waals surface area contributed by atoms with Gasteiger partial charge in [0.1, 0.15) is 12.9 Å². The highest BCUT2D eigenvalue weighted by Gasteiger charge is 2.49. The van der Waals surface area contributed by atoms with Gasteiger partial charge in [-0.25, -0.2) is 0 Å². The van der Waals surface area contributed by atoms with Crippen LogP contribution in [0, 0.1) is 17.8 Å². The number of hydrogen-bond acceptors (Lipinski definition) is 8. The molecule has 220 valence electrons. The smallest absolute Gasteiger partial charge is 0.306 e. The molecule has 0 aromatic rings. The fourth-order valence-electron chi connectivity index (χ4n) is 5.48. The van der Waals surface area contributed by atoms with Gasteiger partial charge in [-0.05, 0) is 68.1 Å². The van der Waals surface area contributed by atoms with Gasteiger partial charge in [-0.3, -0.25) is 4.79 Å². The van der Waals surface area contributed by atoms with Crippen LogP contribution in [0.2, 0.25) is 18.1 Å². The van der Waals surface area contributed by atoms with Crippen molar-refractivity contribution in [3.63, 3.8) is 0 Å². The van der Waals surface area contributed by atoms with E-state index >= 15 is 0 Å². The zero-order valence-corrected chi connectivity index (χ0v) is 25.7. The lowest BCUT2D eigenvalue weighted by Crippen LogP contribution is -2.47. The summed E-state index contributed by atoms with van der Waals surface area (Å²) in [6.45, 7) is 16.1. The molecule has 9 heteroatoms. The first kappa shape index (κ1) is 31.7. The minimum absolute atomic E-state index is 0.0362. The minimum Gasteiger partial charge on any atom is -0.458 e. The van der Waals surface area contributed by atoms with Crippen molar-refractivity contribution < 1.29 is 37.6 Å². The van der Waals surface area contributed by atoms with E-state index in [0.717, 1.165) is 32.1 Å². The van der Waals surface area contributed by atoms with Crippen LogP contribution in [-0.2, 0) is 37.6 Å². The molecule has 6 atom stereocenters. The Morgan fingerprint density at radius 2 is 1.84 bits per heavy atom. The van der Waals surface area contributed by atoms with Crippen LogP contribution in [0.25, 0.3) is 0 Å². The molecule has 1 heterocycles. The molecule has 0 aromatic heterocycles. The molecule has 2 fully saturated rings. The number of carbonyl (C=O) groups excluding carboxylic acids is 1. The fourth-order valence-corrected chi connectivity index (χ4v) is 6.86. The van der Waals surface area contributed by atoms with E-state index in [-0.39, 0.29) is 60.2 Å². The van der Waals surface area contributed by atoms with E-state index in [1.165, 1.54) is 0 Å². The molecule has 0 amide bonds. The molecule has 8 nitrogen and oxygen atoms in total.